The van der Waals surface area contributed by atoms with Crippen LogP contribution in [0.3, 0.4) is 0 Å². The van der Waals surface area contributed by atoms with Gasteiger partial charge in [-0.15, -0.1) is 12.4 Å². The van der Waals surface area contributed by atoms with E-state index in [1.165, 1.54) is 10.1 Å². The highest BCUT2D eigenvalue weighted by atomic mass is 35.5. The standard InChI is InChI=1S/C27H40N8O3.ClH/c1-4-20-18-32(11-9-22(20)28)17-19-5-7-21(8-6-19)35-12-10-23(31-26(35)38)30-25(37)34-15-13-33(14-16-34)24(36)27(2,3)29;/h5-8,10,12,20,22H,4,9,11,13-18,28-29H2,1-3H3,(H,30,31,37,38);1H/t20-,22+;/m0./s1. The number of carbonyl (C=O) groups excluding carboxylic acids is 2. The molecular formula is C27H41ClN8O3. The summed E-state index contributed by atoms with van der Waals surface area (Å²) in [5.41, 5.74) is 12.6. The number of urea groups is 1. The third-order valence-electron chi connectivity index (χ3n) is 7.47. The maximum Gasteiger partial charge on any atom is 0.354 e. The molecule has 3 amide bonds. The molecule has 1 aromatic carbocycles. The van der Waals surface area contributed by atoms with Gasteiger partial charge in [0, 0.05) is 51.5 Å². The quantitative estimate of drug-likeness (QED) is 0.487. The summed E-state index contributed by atoms with van der Waals surface area (Å²) >= 11 is 0. The molecule has 2 atom stereocenters. The summed E-state index contributed by atoms with van der Waals surface area (Å²) in [5, 5.41) is 2.69. The molecule has 2 fully saturated rings. The topological polar surface area (TPSA) is 143 Å². The van der Waals surface area contributed by atoms with Gasteiger partial charge in [0.2, 0.25) is 5.91 Å². The van der Waals surface area contributed by atoms with E-state index in [-0.39, 0.29) is 36.2 Å². The summed E-state index contributed by atoms with van der Waals surface area (Å²) in [5.74, 6) is 0.574. The van der Waals surface area contributed by atoms with Crippen molar-refractivity contribution in [1.29, 1.82) is 0 Å². The minimum Gasteiger partial charge on any atom is -0.338 e. The molecule has 0 aliphatic carbocycles. The molecule has 2 aliphatic rings. The van der Waals surface area contributed by atoms with Gasteiger partial charge in [-0.3, -0.25) is 19.6 Å². The maximum atomic E-state index is 12.7. The van der Waals surface area contributed by atoms with E-state index in [0.717, 1.165) is 32.5 Å². The number of piperazine rings is 1. The average Bonchev–Trinajstić information content (AvgIpc) is 2.89. The van der Waals surface area contributed by atoms with Crippen LogP contribution in [0, 0.1) is 5.92 Å². The lowest BCUT2D eigenvalue weighted by Gasteiger charge is -2.37. The first kappa shape index (κ1) is 30.6. The van der Waals surface area contributed by atoms with Crippen LogP contribution in [0.4, 0.5) is 10.6 Å². The minimum atomic E-state index is -0.946. The molecule has 1 aromatic heterocycles. The molecule has 0 saturated carbocycles. The zero-order valence-corrected chi connectivity index (χ0v) is 23.8. The van der Waals surface area contributed by atoms with E-state index >= 15 is 0 Å². The maximum absolute atomic E-state index is 12.7. The highest BCUT2D eigenvalue weighted by molar-refractivity contribution is 5.89. The molecule has 11 nitrogen and oxygen atoms in total. The summed E-state index contributed by atoms with van der Waals surface area (Å²) in [7, 11) is 0. The number of halogens is 1. The van der Waals surface area contributed by atoms with Gasteiger partial charge in [0.25, 0.3) is 0 Å². The van der Waals surface area contributed by atoms with Crippen molar-refractivity contribution >= 4 is 30.2 Å². The number of nitrogens with two attached hydrogens (primary N) is 2. The van der Waals surface area contributed by atoms with E-state index in [1.54, 1.807) is 35.9 Å². The van der Waals surface area contributed by atoms with Crippen LogP contribution in [0.15, 0.2) is 41.3 Å². The first-order chi connectivity index (χ1) is 18.0. The molecule has 4 rings (SSSR count). The highest BCUT2D eigenvalue weighted by Crippen LogP contribution is 2.21. The number of likely N-dealkylation sites (tertiary alicyclic amines) is 1. The van der Waals surface area contributed by atoms with E-state index in [9.17, 15) is 14.4 Å². The van der Waals surface area contributed by atoms with E-state index in [1.807, 2.05) is 24.3 Å². The predicted octanol–water partition coefficient (Wildman–Crippen LogP) is 1.63. The molecule has 2 aromatic rings. The Morgan fingerprint density at radius 2 is 1.69 bits per heavy atom. The zero-order chi connectivity index (χ0) is 27.4. The first-order valence-electron chi connectivity index (χ1n) is 13.4. The second kappa shape index (κ2) is 12.9. The molecule has 39 heavy (non-hydrogen) atoms. The Bertz CT molecular complexity index is 1190. The van der Waals surface area contributed by atoms with Gasteiger partial charge in [0.1, 0.15) is 5.82 Å². The molecular weight excluding hydrogens is 520 g/mol. The fourth-order valence-corrected chi connectivity index (χ4v) is 5.10. The van der Waals surface area contributed by atoms with E-state index < -0.39 is 11.2 Å². The number of hydrogen-bond acceptors (Lipinski definition) is 7. The predicted molar refractivity (Wildman–Crippen MR) is 154 cm³/mol. The fraction of sp³-hybridized carbons (Fsp3) is 0.556. The van der Waals surface area contributed by atoms with Crippen LogP contribution < -0.4 is 22.5 Å². The summed E-state index contributed by atoms with van der Waals surface area (Å²) in [6.45, 7) is 9.96. The van der Waals surface area contributed by atoms with Gasteiger partial charge in [-0.25, -0.2) is 9.59 Å². The molecule has 0 bridgehead atoms. The summed E-state index contributed by atoms with van der Waals surface area (Å²) in [6.07, 6.45) is 3.72. The Labute approximate surface area is 235 Å². The molecule has 0 radical (unpaired) electrons. The van der Waals surface area contributed by atoms with Crippen LogP contribution in [0.1, 0.15) is 39.2 Å². The number of hydrogen-bond donors (Lipinski definition) is 3. The number of amides is 3. The molecule has 2 aliphatic heterocycles. The molecule has 5 N–H and O–H groups in total. The Hall–Kier alpha value is -2.99. The zero-order valence-electron chi connectivity index (χ0n) is 23.0. The normalized spacial score (nSPS) is 20.3. The van der Waals surface area contributed by atoms with Gasteiger partial charge in [-0.2, -0.15) is 4.98 Å². The van der Waals surface area contributed by atoms with Crippen LogP contribution in [0.5, 0.6) is 0 Å². The Morgan fingerprint density at radius 3 is 2.28 bits per heavy atom. The summed E-state index contributed by atoms with van der Waals surface area (Å²) in [4.78, 5) is 47.5. The monoisotopic (exact) mass is 560 g/mol. The lowest BCUT2D eigenvalue weighted by atomic mass is 9.90. The largest absolute Gasteiger partial charge is 0.354 e. The van der Waals surface area contributed by atoms with Crippen molar-refractivity contribution < 1.29 is 9.59 Å². The third-order valence-corrected chi connectivity index (χ3v) is 7.47. The van der Waals surface area contributed by atoms with Crippen molar-refractivity contribution in [2.24, 2.45) is 17.4 Å². The first-order valence-corrected chi connectivity index (χ1v) is 13.4. The van der Waals surface area contributed by atoms with Crippen molar-refractivity contribution in [1.82, 2.24) is 24.3 Å². The Morgan fingerprint density at radius 1 is 1.05 bits per heavy atom. The second-order valence-corrected chi connectivity index (χ2v) is 10.9. The van der Waals surface area contributed by atoms with Gasteiger partial charge < -0.3 is 21.3 Å². The van der Waals surface area contributed by atoms with Crippen molar-refractivity contribution in [3.63, 3.8) is 0 Å². The minimum absolute atomic E-state index is 0. The van der Waals surface area contributed by atoms with E-state index in [2.05, 4.69) is 22.1 Å². The van der Waals surface area contributed by atoms with Crippen LogP contribution in [0.2, 0.25) is 0 Å². The van der Waals surface area contributed by atoms with Crippen LogP contribution in [-0.2, 0) is 11.3 Å². The van der Waals surface area contributed by atoms with Crippen molar-refractivity contribution in [2.45, 2.75) is 51.7 Å². The SMILES string of the molecule is CC[C@H]1CN(Cc2ccc(-n3ccc(NC(=O)N4CCN(C(=O)C(C)(C)N)CC4)nc3=O)cc2)CC[C@H]1N.Cl. The van der Waals surface area contributed by atoms with E-state index in [0.29, 0.717) is 37.8 Å². The smallest absolute Gasteiger partial charge is 0.338 e. The number of nitrogens with one attached hydrogen (secondary N) is 1. The Kier molecular flexibility index (Phi) is 10.1. The van der Waals surface area contributed by atoms with Crippen LogP contribution >= 0.6 is 12.4 Å². The number of benzene rings is 1. The lowest BCUT2D eigenvalue weighted by molar-refractivity contribution is -0.137. The van der Waals surface area contributed by atoms with Crippen LogP contribution in [-0.4, -0.2) is 87.0 Å². The van der Waals surface area contributed by atoms with Gasteiger partial charge in [0.15, 0.2) is 0 Å². The lowest BCUT2D eigenvalue weighted by Crippen LogP contribution is -2.58. The molecule has 214 valence electrons. The number of nitrogens with zero attached hydrogens (tertiary/aromatic N) is 5. The van der Waals surface area contributed by atoms with Gasteiger partial charge in [-0.05, 0) is 56.5 Å². The summed E-state index contributed by atoms with van der Waals surface area (Å²) in [6, 6.07) is 9.41. The Balaban J connectivity index is 0.00000420. The molecule has 3 heterocycles. The molecule has 0 spiro atoms. The number of anilines is 1. The third kappa shape index (κ3) is 7.57. The molecule has 12 heteroatoms. The van der Waals surface area contributed by atoms with Gasteiger partial charge in [0.05, 0.1) is 11.2 Å². The fourth-order valence-electron chi connectivity index (χ4n) is 5.10. The van der Waals surface area contributed by atoms with Crippen molar-refractivity contribution in [3.8, 4) is 5.69 Å². The van der Waals surface area contributed by atoms with E-state index in [4.69, 9.17) is 11.5 Å². The van der Waals surface area contributed by atoms with Crippen LogP contribution in [0.25, 0.3) is 5.69 Å². The van der Waals surface area contributed by atoms with Gasteiger partial charge >= 0.3 is 11.7 Å². The van der Waals surface area contributed by atoms with Crippen molar-refractivity contribution in [3.05, 3.63) is 52.6 Å². The number of carbonyl (C=O) groups is 2. The van der Waals surface area contributed by atoms with Gasteiger partial charge in [-0.1, -0.05) is 25.5 Å². The molecule has 2 saturated heterocycles. The number of aromatic nitrogens is 2. The number of rotatable bonds is 6. The van der Waals surface area contributed by atoms with Crippen molar-refractivity contribution in [2.75, 3.05) is 44.6 Å². The number of piperidine rings is 1. The second-order valence-electron chi connectivity index (χ2n) is 10.9. The highest BCUT2D eigenvalue weighted by Gasteiger charge is 2.31. The summed E-state index contributed by atoms with van der Waals surface area (Å²) < 4.78 is 1.45. The average molecular weight is 561 g/mol. The molecule has 0 unspecified atom stereocenters.